The summed E-state index contributed by atoms with van der Waals surface area (Å²) in [5.41, 5.74) is 5.92. The molecule has 3 aromatic carbocycles. The number of hydrogen-bond acceptors (Lipinski definition) is 4. The van der Waals surface area contributed by atoms with Gasteiger partial charge in [-0.1, -0.05) is 54.6 Å². The summed E-state index contributed by atoms with van der Waals surface area (Å²) >= 11 is 0. The average molecular weight is 500 g/mol. The minimum Gasteiger partial charge on any atom is -0.341 e. The van der Waals surface area contributed by atoms with E-state index in [4.69, 9.17) is 5.10 Å². The van der Waals surface area contributed by atoms with Crippen LogP contribution < -0.4 is 0 Å². The summed E-state index contributed by atoms with van der Waals surface area (Å²) in [4.78, 5) is 14.9. The van der Waals surface area contributed by atoms with Gasteiger partial charge in [0, 0.05) is 37.3 Å². The number of para-hydroxylation sites is 1. The molecule has 0 fully saturated rings. The van der Waals surface area contributed by atoms with E-state index in [1.165, 1.54) is 5.56 Å². The van der Waals surface area contributed by atoms with Gasteiger partial charge in [0.05, 0.1) is 22.0 Å². The third-order valence-corrected chi connectivity index (χ3v) is 8.42. The van der Waals surface area contributed by atoms with E-state index in [2.05, 4.69) is 0 Å². The molecule has 1 aromatic heterocycles. The first-order valence-electron chi connectivity index (χ1n) is 12.2. The molecule has 1 heterocycles. The average Bonchev–Trinajstić information content (AvgIpc) is 3.55. The van der Waals surface area contributed by atoms with Crippen LogP contribution in [0.3, 0.4) is 0 Å². The standard InChI is InChI=1S/C29H29N3O3S/c1-31(28(33)17-18-36(34,35)27-16-15-22-11-8-12-24(22)19-27)20-25-21-32(26-13-6-3-7-14-26)30-29(25)23-9-4-2-5-10-23/h2-7,9-10,13-16,19,21H,8,11-12,17-18,20H2,1H3. The molecule has 0 atom stereocenters. The van der Waals surface area contributed by atoms with Gasteiger partial charge in [-0.3, -0.25) is 4.79 Å². The summed E-state index contributed by atoms with van der Waals surface area (Å²) in [6.45, 7) is 0.328. The topological polar surface area (TPSA) is 72.3 Å². The van der Waals surface area contributed by atoms with Crippen molar-refractivity contribution < 1.29 is 13.2 Å². The van der Waals surface area contributed by atoms with Crippen molar-refractivity contribution in [3.8, 4) is 16.9 Å². The number of aromatic nitrogens is 2. The molecule has 0 radical (unpaired) electrons. The van der Waals surface area contributed by atoms with Crippen molar-refractivity contribution in [3.05, 3.63) is 102 Å². The van der Waals surface area contributed by atoms with Crippen LogP contribution in [0.15, 0.2) is 90.0 Å². The summed E-state index contributed by atoms with van der Waals surface area (Å²) in [7, 11) is -1.82. The van der Waals surface area contributed by atoms with Crippen LogP contribution in [0.25, 0.3) is 16.9 Å². The molecule has 0 N–H and O–H groups in total. The Morgan fingerprint density at radius 2 is 1.64 bits per heavy atom. The van der Waals surface area contributed by atoms with Crippen molar-refractivity contribution in [2.75, 3.05) is 12.8 Å². The Hall–Kier alpha value is -3.71. The van der Waals surface area contributed by atoms with E-state index >= 15 is 0 Å². The van der Waals surface area contributed by atoms with E-state index < -0.39 is 9.84 Å². The van der Waals surface area contributed by atoms with Gasteiger partial charge in [0.15, 0.2) is 9.84 Å². The first-order valence-corrected chi connectivity index (χ1v) is 13.8. The highest BCUT2D eigenvalue weighted by atomic mass is 32.2. The molecule has 0 saturated carbocycles. The number of benzene rings is 3. The van der Waals surface area contributed by atoms with Gasteiger partial charge < -0.3 is 4.90 Å². The zero-order valence-electron chi connectivity index (χ0n) is 20.3. The number of carbonyl (C=O) groups excluding carboxylic acids is 1. The molecule has 4 aromatic rings. The quantitative estimate of drug-likeness (QED) is 0.347. The van der Waals surface area contributed by atoms with Crippen LogP contribution in [-0.4, -0.2) is 41.8 Å². The highest BCUT2D eigenvalue weighted by Gasteiger charge is 2.22. The minimum atomic E-state index is -3.53. The lowest BCUT2D eigenvalue weighted by atomic mass is 10.1. The molecule has 0 saturated heterocycles. The van der Waals surface area contributed by atoms with E-state index in [0.717, 1.165) is 47.3 Å². The molecule has 0 bridgehead atoms. The van der Waals surface area contributed by atoms with Crippen LogP contribution in [0.1, 0.15) is 29.5 Å². The number of amides is 1. The Kier molecular flexibility index (Phi) is 6.74. The second kappa shape index (κ2) is 10.1. The molecule has 0 aliphatic heterocycles. The lowest BCUT2D eigenvalue weighted by Gasteiger charge is -2.17. The minimum absolute atomic E-state index is 0.0661. The fraction of sp³-hybridized carbons (Fsp3) is 0.241. The maximum absolute atomic E-state index is 13.0. The Morgan fingerprint density at radius 1 is 0.944 bits per heavy atom. The predicted octanol–water partition coefficient (Wildman–Crippen LogP) is 4.85. The summed E-state index contributed by atoms with van der Waals surface area (Å²) in [5.74, 6) is -0.421. The smallest absolute Gasteiger partial charge is 0.223 e. The first kappa shape index (κ1) is 24.0. The number of fused-ring (bicyclic) bond motifs is 1. The van der Waals surface area contributed by atoms with E-state index in [1.54, 1.807) is 24.1 Å². The fourth-order valence-electron chi connectivity index (χ4n) is 4.69. The van der Waals surface area contributed by atoms with E-state index in [9.17, 15) is 13.2 Å². The maximum atomic E-state index is 13.0. The Balaban J connectivity index is 1.31. The Morgan fingerprint density at radius 3 is 2.39 bits per heavy atom. The first-order chi connectivity index (χ1) is 17.4. The van der Waals surface area contributed by atoms with Crippen LogP contribution in [0.4, 0.5) is 0 Å². The molecule has 0 unspecified atom stereocenters. The highest BCUT2D eigenvalue weighted by molar-refractivity contribution is 7.91. The van der Waals surface area contributed by atoms with E-state index in [-0.39, 0.29) is 18.1 Å². The van der Waals surface area contributed by atoms with Gasteiger partial charge in [-0.05, 0) is 54.7 Å². The third-order valence-electron chi connectivity index (χ3n) is 6.70. The molecule has 5 rings (SSSR count). The van der Waals surface area contributed by atoms with Gasteiger partial charge in [0.25, 0.3) is 0 Å². The largest absolute Gasteiger partial charge is 0.341 e. The number of hydrogen-bond donors (Lipinski definition) is 0. The molecule has 1 aliphatic carbocycles. The van der Waals surface area contributed by atoms with Crippen LogP contribution >= 0.6 is 0 Å². The second-order valence-corrected chi connectivity index (χ2v) is 11.4. The van der Waals surface area contributed by atoms with Crippen molar-refractivity contribution in [2.45, 2.75) is 37.1 Å². The van der Waals surface area contributed by atoms with E-state index in [0.29, 0.717) is 11.4 Å². The van der Waals surface area contributed by atoms with Crippen molar-refractivity contribution >= 4 is 15.7 Å². The van der Waals surface area contributed by atoms with Crippen molar-refractivity contribution in [2.24, 2.45) is 0 Å². The predicted molar refractivity (Wildman–Crippen MR) is 141 cm³/mol. The van der Waals surface area contributed by atoms with Crippen LogP contribution in [0.5, 0.6) is 0 Å². The fourth-order valence-corrected chi connectivity index (χ4v) is 5.97. The summed E-state index contributed by atoms with van der Waals surface area (Å²) in [6, 6.07) is 25.0. The summed E-state index contributed by atoms with van der Waals surface area (Å²) in [5, 5.41) is 4.80. The molecule has 36 heavy (non-hydrogen) atoms. The number of carbonyl (C=O) groups is 1. The number of nitrogens with zero attached hydrogens (tertiary/aromatic N) is 3. The maximum Gasteiger partial charge on any atom is 0.223 e. The molecule has 7 heteroatoms. The monoisotopic (exact) mass is 499 g/mol. The van der Waals surface area contributed by atoms with Gasteiger partial charge >= 0.3 is 0 Å². The molecule has 1 amide bonds. The zero-order chi connectivity index (χ0) is 25.1. The molecule has 1 aliphatic rings. The zero-order valence-corrected chi connectivity index (χ0v) is 21.1. The van der Waals surface area contributed by atoms with Gasteiger partial charge in [-0.15, -0.1) is 0 Å². The van der Waals surface area contributed by atoms with Gasteiger partial charge in [-0.25, -0.2) is 13.1 Å². The highest BCUT2D eigenvalue weighted by Crippen LogP contribution is 2.27. The molecular formula is C29H29N3O3S. The molecular weight excluding hydrogens is 470 g/mol. The number of rotatable bonds is 8. The van der Waals surface area contributed by atoms with Crippen LogP contribution in [0, 0.1) is 0 Å². The van der Waals surface area contributed by atoms with Crippen molar-refractivity contribution in [1.82, 2.24) is 14.7 Å². The van der Waals surface area contributed by atoms with Crippen molar-refractivity contribution in [1.29, 1.82) is 0 Å². The number of aryl methyl sites for hydroxylation is 2. The lowest BCUT2D eigenvalue weighted by Crippen LogP contribution is -2.28. The Bertz CT molecular complexity index is 1480. The second-order valence-electron chi connectivity index (χ2n) is 9.25. The SMILES string of the molecule is CN(Cc1cn(-c2ccccc2)nc1-c1ccccc1)C(=O)CCS(=O)(=O)c1ccc2c(c1)CCC2. The molecule has 184 valence electrons. The van der Waals surface area contributed by atoms with Crippen LogP contribution in [-0.2, 0) is 34.0 Å². The van der Waals surface area contributed by atoms with Gasteiger partial charge in [0.2, 0.25) is 5.91 Å². The third kappa shape index (κ3) is 5.11. The number of sulfone groups is 1. The molecule has 6 nitrogen and oxygen atoms in total. The molecule has 0 spiro atoms. The van der Waals surface area contributed by atoms with Gasteiger partial charge in [0.1, 0.15) is 0 Å². The lowest BCUT2D eigenvalue weighted by molar-refractivity contribution is -0.130. The Labute approximate surface area is 212 Å². The van der Waals surface area contributed by atoms with Gasteiger partial charge in [-0.2, -0.15) is 5.10 Å². The van der Waals surface area contributed by atoms with Crippen molar-refractivity contribution in [3.63, 3.8) is 0 Å². The summed E-state index contributed by atoms with van der Waals surface area (Å²) in [6.07, 6.45) is 4.85. The normalized spacial score (nSPS) is 12.9. The summed E-state index contributed by atoms with van der Waals surface area (Å²) < 4.78 is 27.7. The van der Waals surface area contributed by atoms with E-state index in [1.807, 2.05) is 77.6 Å². The van der Waals surface area contributed by atoms with Crippen LogP contribution in [0.2, 0.25) is 0 Å².